The van der Waals surface area contributed by atoms with Crippen LogP contribution in [0.5, 0.6) is 0 Å². The molecule has 2 aliphatic heterocycles. The van der Waals surface area contributed by atoms with E-state index >= 15 is 0 Å². The van der Waals surface area contributed by atoms with Crippen molar-refractivity contribution >= 4 is 17.7 Å². The maximum absolute atomic E-state index is 13.1. The van der Waals surface area contributed by atoms with Crippen LogP contribution in [0.15, 0.2) is 42.5 Å². The number of imide groups is 1. The van der Waals surface area contributed by atoms with Crippen molar-refractivity contribution < 1.29 is 14.4 Å². The molecule has 2 aromatic carbocycles. The smallest absolute Gasteiger partial charge is 0.255 e. The van der Waals surface area contributed by atoms with Gasteiger partial charge in [-0.3, -0.25) is 19.7 Å². The zero-order chi connectivity index (χ0) is 21.1. The van der Waals surface area contributed by atoms with Crippen LogP contribution >= 0.6 is 0 Å². The molecule has 0 spiro atoms. The third kappa shape index (κ3) is 4.13. The summed E-state index contributed by atoms with van der Waals surface area (Å²) >= 11 is 0. The second-order valence-corrected chi connectivity index (χ2v) is 7.81. The van der Waals surface area contributed by atoms with Crippen LogP contribution in [0, 0.1) is 0 Å². The molecule has 4 N–H and O–H groups in total. The fraction of sp³-hybridized carbons (Fsp3) is 0.348. The van der Waals surface area contributed by atoms with Crippen molar-refractivity contribution in [1.82, 2.24) is 15.5 Å². The Labute approximate surface area is 175 Å². The number of benzene rings is 2. The second-order valence-electron chi connectivity index (χ2n) is 7.81. The lowest BCUT2D eigenvalue weighted by molar-refractivity contribution is -0.136. The van der Waals surface area contributed by atoms with Gasteiger partial charge in [-0.25, -0.2) is 0 Å². The van der Waals surface area contributed by atoms with Gasteiger partial charge in [0.2, 0.25) is 11.8 Å². The summed E-state index contributed by atoms with van der Waals surface area (Å²) in [5.74, 6) is -0.797. The van der Waals surface area contributed by atoms with Gasteiger partial charge in [0, 0.05) is 31.6 Å². The number of nitrogens with zero attached hydrogens (tertiary/aromatic N) is 1. The zero-order valence-electron chi connectivity index (χ0n) is 16.8. The molecule has 4 rings (SSSR count). The van der Waals surface area contributed by atoms with E-state index in [0.717, 1.165) is 17.5 Å². The second kappa shape index (κ2) is 8.77. The highest BCUT2D eigenvalue weighted by molar-refractivity contribution is 6.05. The molecule has 2 aromatic rings. The van der Waals surface area contributed by atoms with Crippen molar-refractivity contribution in [3.8, 4) is 0 Å². The summed E-state index contributed by atoms with van der Waals surface area (Å²) in [6.07, 6.45) is 1.50. The topological polar surface area (TPSA) is 105 Å². The normalized spacial score (nSPS) is 18.5. The van der Waals surface area contributed by atoms with Crippen LogP contribution in [0.2, 0.25) is 0 Å². The van der Waals surface area contributed by atoms with Crippen molar-refractivity contribution in [3.05, 3.63) is 70.3 Å². The number of amides is 3. The van der Waals surface area contributed by atoms with Gasteiger partial charge < -0.3 is 16.0 Å². The van der Waals surface area contributed by atoms with E-state index in [1.54, 1.807) is 4.90 Å². The number of carbonyl (C=O) groups excluding carboxylic acids is 3. The molecule has 1 fully saturated rings. The van der Waals surface area contributed by atoms with E-state index in [9.17, 15) is 14.4 Å². The molecule has 0 aromatic heterocycles. The lowest BCUT2D eigenvalue weighted by Crippen LogP contribution is -2.52. The largest absolute Gasteiger partial charge is 0.330 e. The van der Waals surface area contributed by atoms with Crippen LogP contribution in [0.4, 0.5) is 0 Å². The number of rotatable bonds is 7. The van der Waals surface area contributed by atoms with Crippen LogP contribution in [0.3, 0.4) is 0 Å². The Balaban J connectivity index is 1.42. The van der Waals surface area contributed by atoms with E-state index < -0.39 is 6.04 Å². The molecule has 2 heterocycles. The Morgan fingerprint density at radius 1 is 1.03 bits per heavy atom. The average Bonchev–Trinajstić information content (AvgIpc) is 3.07. The molecule has 1 saturated heterocycles. The SMILES string of the molecule is NCCc1ccc(CNCc2cccc3c2C(=O)N(C2CCC(=O)NC2=O)C3)cc1. The molecular weight excluding hydrogens is 380 g/mol. The summed E-state index contributed by atoms with van der Waals surface area (Å²) in [6.45, 7) is 2.29. The van der Waals surface area contributed by atoms with Crippen molar-refractivity contribution in [2.75, 3.05) is 6.54 Å². The van der Waals surface area contributed by atoms with Gasteiger partial charge in [0.05, 0.1) is 0 Å². The molecule has 3 amide bonds. The molecule has 156 valence electrons. The predicted molar refractivity (Wildman–Crippen MR) is 112 cm³/mol. The summed E-state index contributed by atoms with van der Waals surface area (Å²) in [5, 5.41) is 5.75. The van der Waals surface area contributed by atoms with E-state index in [0.29, 0.717) is 38.2 Å². The summed E-state index contributed by atoms with van der Waals surface area (Å²) in [7, 11) is 0. The first-order chi connectivity index (χ1) is 14.6. The molecular formula is C23H26N4O3. The van der Waals surface area contributed by atoms with E-state index in [-0.39, 0.29) is 24.1 Å². The first-order valence-electron chi connectivity index (χ1n) is 10.3. The van der Waals surface area contributed by atoms with Gasteiger partial charge in [-0.2, -0.15) is 0 Å². The van der Waals surface area contributed by atoms with Gasteiger partial charge >= 0.3 is 0 Å². The molecule has 2 aliphatic rings. The summed E-state index contributed by atoms with van der Waals surface area (Å²) < 4.78 is 0. The van der Waals surface area contributed by atoms with E-state index in [4.69, 9.17) is 5.73 Å². The Morgan fingerprint density at radius 3 is 2.53 bits per heavy atom. The number of nitrogens with one attached hydrogen (secondary N) is 2. The van der Waals surface area contributed by atoms with E-state index in [1.807, 2.05) is 18.2 Å². The van der Waals surface area contributed by atoms with Crippen molar-refractivity contribution in [3.63, 3.8) is 0 Å². The van der Waals surface area contributed by atoms with Crippen molar-refractivity contribution in [2.45, 2.75) is 44.9 Å². The number of carbonyl (C=O) groups is 3. The Bertz CT molecular complexity index is 971. The summed E-state index contributed by atoms with van der Waals surface area (Å²) in [5.41, 5.74) is 10.5. The molecule has 0 aliphatic carbocycles. The van der Waals surface area contributed by atoms with Crippen LogP contribution < -0.4 is 16.4 Å². The van der Waals surface area contributed by atoms with Crippen LogP contribution in [0.25, 0.3) is 0 Å². The highest BCUT2D eigenvalue weighted by atomic mass is 16.2. The molecule has 0 saturated carbocycles. The van der Waals surface area contributed by atoms with Gasteiger partial charge in [-0.05, 0) is 41.6 Å². The van der Waals surface area contributed by atoms with E-state index in [1.165, 1.54) is 11.1 Å². The number of fused-ring (bicyclic) bond motifs is 1. The van der Waals surface area contributed by atoms with Crippen molar-refractivity contribution in [1.29, 1.82) is 0 Å². The third-order valence-corrected chi connectivity index (χ3v) is 5.74. The van der Waals surface area contributed by atoms with Gasteiger partial charge in [0.25, 0.3) is 5.91 Å². The third-order valence-electron chi connectivity index (χ3n) is 5.74. The van der Waals surface area contributed by atoms with Gasteiger partial charge in [-0.15, -0.1) is 0 Å². The molecule has 30 heavy (non-hydrogen) atoms. The van der Waals surface area contributed by atoms with Crippen LogP contribution in [-0.4, -0.2) is 35.2 Å². The molecule has 7 heteroatoms. The molecule has 0 radical (unpaired) electrons. The molecule has 7 nitrogen and oxygen atoms in total. The fourth-order valence-corrected chi connectivity index (χ4v) is 4.17. The Hall–Kier alpha value is -3.03. The Kier molecular flexibility index (Phi) is 5.92. The summed E-state index contributed by atoms with van der Waals surface area (Å²) in [4.78, 5) is 38.3. The quantitative estimate of drug-likeness (QED) is 0.600. The number of nitrogens with two attached hydrogens (primary N) is 1. The van der Waals surface area contributed by atoms with Crippen LogP contribution in [-0.2, 0) is 35.6 Å². The minimum Gasteiger partial charge on any atom is -0.330 e. The average molecular weight is 406 g/mol. The standard InChI is InChI=1S/C23H26N4O3/c24-11-10-15-4-6-16(7-5-15)12-25-13-17-2-1-3-18-14-27(23(30)21(17)18)19-8-9-20(28)26-22(19)29/h1-7,19,25H,8-14,24H2,(H,26,28,29). The van der Waals surface area contributed by atoms with Crippen LogP contribution in [0.1, 0.15) is 45.5 Å². The number of hydrogen-bond donors (Lipinski definition) is 3. The maximum atomic E-state index is 13.1. The van der Waals surface area contributed by atoms with Gasteiger partial charge in [0.15, 0.2) is 0 Å². The minimum atomic E-state index is -0.588. The highest BCUT2D eigenvalue weighted by Gasteiger charge is 2.39. The predicted octanol–water partition coefficient (Wildman–Crippen LogP) is 1.24. The molecule has 1 unspecified atom stereocenters. The zero-order valence-corrected chi connectivity index (χ0v) is 16.8. The lowest BCUT2D eigenvalue weighted by atomic mass is 10.0. The molecule has 1 atom stereocenters. The van der Waals surface area contributed by atoms with E-state index in [2.05, 4.69) is 34.9 Å². The fourth-order valence-electron chi connectivity index (χ4n) is 4.17. The highest BCUT2D eigenvalue weighted by Crippen LogP contribution is 2.29. The number of hydrogen-bond acceptors (Lipinski definition) is 5. The first kappa shape index (κ1) is 20.3. The van der Waals surface area contributed by atoms with Crippen molar-refractivity contribution in [2.24, 2.45) is 5.73 Å². The van der Waals surface area contributed by atoms with Gasteiger partial charge in [0.1, 0.15) is 6.04 Å². The molecule has 0 bridgehead atoms. The number of piperidine rings is 1. The first-order valence-corrected chi connectivity index (χ1v) is 10.3. The maximum Gasteiger partial charge on any atom is 0.255 e. The minimum absolute atomic E-state index is 0.136. The van der Waals surface area contributed by atoms with Gasteiger partial charge in [-0.1, -0.05) is 42.5 Å². The lowest BCUT2D eigenvalue weighted by Gasteiger charge is -2.29. The Morgan fingerprint density at radius 2 is 1.80 bits per heavy atom. The monoisotopic (exact) mass is 406 g/mol. The summed E-state index contributed by atoms with van der Waals surface area (Å²) in [6, 6.07) is 13.6.